The van der Waals surface area contributed by atoms with E-state index in [1.807, 2.05) is 12.1 Å². The number of hydrogen-bond acceptors (Lipinski definition) is 4. The second-order valence-electron chi connectivity index (χ2n) is 6.79. The quantitative estimate of drug-likeness (QED) is 0.801. The Morgan fingerprint density at radius 1 is 1.29 bits per heavy atom. The van der Waals surface area contributed by atoms with Crippen LogP contribution >= 0.6 is 0 Å². The summed E-state index contributed by atoms with van der Waals surface area (Å²) in [6.45, 7) is 7.12. The van der Waals surface area contributed by atoms with Gasteiger partial charge in [-0.3, -0.25) is 9.58 Å². The van der Waals surface area contributed by atoms with Crippen LogP contribution < -0.4 is 0 Å². The SMILES string of the molecule is Cc1cc(C)n(C[C@@H]2CCCCN2Cc2nc3ncccc3[nH]2)n1. The maximum atomic E-state index is 4.64. The van der Waals surface area contributed by atoms with E-state index >= 15 is 0 Å². The van der Waals surface area contributed by atoms with Crippen LogP contribution in [0.15, 0.2) is 24.4 Å². The molecule has 1 saturated heterocycles. The van der Waals surface area contributed by atoms with Gasteiger partial charge in [0.15, 0.2) is 5.65 Å². The highest BCUT2D eigenvalue weighted by Gasteiger charge is 2.24. The maximum Gasteiger partial charge on any atom is 0.177 e. The van der Waals surface area contributed by atoms with Crippen LogP contribution in [0, 0.1) is 13.8 Å². The zero-order valence-electron chi connectivity index (χ0n) is 14.4. The number of nitrogens with zero attached hydrogens (tertiary/aromatic N) is 5. The van der Waals surface area contributed by atoms with Gasteiger partial charge in [-0.1, -0.05) is 6.42 Å². The van der Waals surface area contributed by atoms with Crippen LogP contribution in [0.25, 0.3) is 11.2 Å². The van der Waals surface area contributed by atoms with Crippen molar-refractivity contribution in [3.05, 3.63) is 41.6 Å². The highest BCUT2D eigenvalue weighted by molar-refractivity contribution is 5.69. The number of aromatic nitrogens is 5. The summed E-state index contributed by atoms with van der Waals surface area (Å²) in [6, 6.07) is 6.63. The largest absolute Gasteiger partial charge is 0.340 e. The number of aryl methyl sites for hydroxylation is 2. The number of fused-ring (bicyclic) bond motifs is 1. The van der Waals surface area contributed by atoms with Crippen molar-refractivity contribution in [1.82, 2.24) is 29.6 Å². The van der Waals surface area contributed by atoms with E-state index in [1.54, 1.807) is 6.20 Å². The van der Waals surface area contributed by atoms with Gasteiger partial charge in [-0.15, -0.1) is 0 Å². The minimum atomic E-state index is 0.512. The lowest BCUT2D eigenvalue weighted by Gasteiger charge is -2.35. The fourth-order valence-electron chi connectivity index (χ4n) is 3.70. The first kappa shape index (κ1) is 15.3. The Morgan fingerprint density at radius 2 is 2.21 bits per heavy atom. The van der Waals surface area contributed by atoms with E-state index in [2.05, 4.69) is 49.5 Å². The Balaban J connectivity index is 1.52. The lowest BCUT2D eigenvalue weighted by atomic mass is 10.0. The third-order valence-electron chi connectivity index (χ3n) is 4.90. The van der Waals surface area contributed by atoms with E-state index < -0.39 is 0 Å². The summed E-state index contributed by atoms with van der Waals surface area (Å²) in [5, 5.41) is 4.64. The van der Waals surface area contributed by atoms with Gasteiger partial charge in [0.05, 0.1) is 24.3 Å². The molecule has 0 saturated carbocycles. The molecule has 1 fully saturated rings. The lowest BCUT2D eigenvalue weighted by molar-refractivity contribution is 0.118. The second kappa shape index (κ2) is 6.36. The zero-order chi connectivity index (χ0) is 16.5. The molecule has 3 aromatic heterocycles. The van der Waals surface area contributed by atoms with Crippen molar-refractivity contribution in [2.45, 2.75) is 52.2 Å². The first-order valence-electron chi connectivity index (χ1n) is 8.74. The molecule has 1 atom stereocenters. The lowest BCUT2D eigenvalue weighted by Crippen LogP contribution is -2.42. The molecule has 3 aromatic rings. The normalized spacial score (nSPS) is 19.2. The van der Waals surface area contributed by atoms with Crippen LogP contribution in [0.3, 0.4) is 0 Å². The fraction of sp³-hybridized carbons (Fsp3) is 0.500. The number of likely N-dealkylation sites (tertiary alicyclic amines) is 1. The summed E-state index contributed by atoms with van der Waals surface area (Å²) in [4.78, 5) is 14.9. The van der Waals surface area contributed by atoms with Gasteiger partial charge in [0, 0.05) is 17.9 Å². The van der Waals surface area contributed by atoms with Gasteiger partial charge in [-0.25, -0.2) is 9.97 Å². The number of aromatic amines is 1. The van der Waals surface area contributed by atoms with Crippen molar-refractivity contribution < 1.29 is 0 Å². The van der Waals surface area contributed by atoms with Gasteiger partial charge in [-0.2, -0.15) is 5.10 Å². The van der Waals surface area contributed by atoms with Crippen LogP contribution in [0.2, 0.25) is 0 Å². The molecule has 0 aliphatic carbocycles. The maximum absolute atomic E-state index is 4.64. The van der Waals surface area contributed by atoms with E-state index in [9.17, 15) is 0 Å². The Labute approximate surface area is 141 Å². The molecule has 6 nitrogen and oxygen atoms in total. The minimum absolute atomic E-state index is 0.512. The summed E-state index contributed by atoms with van der Waals surface area (Å²) >= 11 is 0. The predicted molar refractivity (Wildman–Crippen MR) is 93.6 cm³/mol. The number of H-pyrrole nitrogens is 1. The molecule has 0 aromatic carbocycles. The topological polar surface area (TPSA) is 62.6 Å². The first-order valence-corrected chi connectivity index (χ1v) is 8.74. The van der Waals surface area contributed by atoms with Gasteiger partial charge in [0.1, 0.15) is 5.82 Å². The molecule has 0 radical (unpaired) electrons. The number of piperidine rings is 1. The van der Waals surface area contributed by atoms with Gasteiger partial charge in [0.2, 0.25) is 0 Å². The van der Waals surface area contributed by atoms with E-state index in [0.29, 0.717) is 6.04 Å². The molecule has 0 spiro atoms. The molecule has 4 heterocycles. The summed E-state index contributed by atoms with van der Waals surface area (Å²) in [6.07, 6.45) is 5.56. The molecule has 0 amide bonds. The van der Waals surface area contributed by atoms with Crippen molar-refractivity contribution in [1.29, 1.82) is 0 Å². The van der Waals surface area contributed by atoms with Crippen LogP contribution in [-0.2, 0) is 13.1 Å². The molecule has 0 bridgehead atoms. The van der Waals surface area contributed by atoms with Crippen LogP contribution in [0.5, 0.6) is 0 Å². The molecule has 126 valence electrons. The molecular formula is C18H24N6. The molecule has 1 aliphatic rings. The van der Waals surface area contributed by atoms with Gasteiger partial charge in [-0.05, 0) is 51.4 Å². The number of pyridine rings is 1. The molecule has 24 heavy (non-hydrogen) atoms. The van der Waals surface area contributed by atoms with Crippen molar-refractivity contribution in [2.75, 3.05) is 6.54 Å². The fourth-order valence-corrected chi connectivity index (χ4v) is 3.70. The minimum Gasteiger partial charge on any atom is -0.340 e. The molecule has 1 N–H and O–H groups in total. The van der Waals surface area contributed by atoms with Crippen LogP contribution in [0.1, 0.15) is 36.5 Å². The smallest absolute Gasteiger partial charge is 0.177 e. The average molecular weight is 324 g/mol. The summed E-state index contributed by atoms with van der Waals surface area (Å²) in [5.41, 5.74) is 4.16. The van der Waals surface area contributed by atoms with E-state index in [-0.39, 0.29) is 0 Å². The number of rotatable bonds is 4. The van der Waals surface area contributed by atoms with Crippen molar-refractivity contribution in [3.8, 4) is 0 Å². The summed E-state index contributed by atoms with van der Waals surface area (Å²) in [7, 11) is 0. The molecule has 4 rings (SSSR count). The summed E-state index contributed by atoms with van der Waals surface area (Å²) < 4.78 is 2.15. The number of hydrogen-bond donors (Lipinski definition) is 1. The van der Waals surface area contributed by atoms with Crippen molar-refractivity contribution >= 4 is 11.2 Å². The Kier molecular flexibility index (Phi) is 4.06. The van der Waals surface area contributed by atoms with E-state index in [4.69, 9.17) is 0 Å². The Hall–Kier alpha value is -2.21. The summed E-state index contributed by atoms with van der Waals surface area (Å²) in [5.74, 6) is 1.00. The highest BCUT2D eigenvalue weighted by Crippen LogP contribution is 2.21. The average Bonchev–Trinajstić information content (AvgIpc) is 3.11. The van der Waals surface area contributed by atoms with E-state index in [0.717, 1.165) is 42.3 Å². The number of nitrogens with one attached hydrogen (secondary N) is 1. The highest BCUT2D eigenvalue weighted by atomic mass is 15.3. The standard InChI is InChI=1S/C18H24N6/c1-13-10-14(2)24(22-13)11-15-6-3-4-9-23(15)12-17-20-16-7-5-8-19-18(16)21-17/h5,7-8,10,15H,3-4,6,9,11-12H2,1-2H3,(H,19,20,21)/t15-/m0/s1. The third kappa shape index (κ3) is 3.06. The Morgan fingerprint density at radius 3 is 3.00 bits per heavy atom. The van der Waals surface area contributed by atoms with Crippen LogP contribution in [-0.4, -0.2) is 42.2 Å². The third-order valence-corrected chi connectivity index (χ3v) is 4.90. The second-order valence-corrected chi connectivity index (χ2v) is 6.79. The van der Waals surface area contributed by atoms with Gasteiger partial charge >= 0.3 is 0 Å². The number of imidazole rings is 1. The zero-order valence-corrected chi connectivity index (χ0v) is 14.4. The van der Waals surface area contributed by atoms with Gasteiger partial charge < -0.3 is 4.98 Å². The Bertz CT molecular complexity index is 800. The van der Waals surface area contributed by atoms with Gasteiger partial charge in [0.25, 0.3) is 0 Å². The molecule has 0 unspecified atom stereocenters. The molecule has 6 heteroatoms. The first-order chi connectivity index (χ1) is 11.7. The molecular weight excluding hydrogens is 300 g/mol. The molecule has 1 aliphatic heterocycles. The van der Waals surface area contributed by atoms with Crippen molar-refractivity contribution in [2.24, 2.45) is 0 Å². The van der Waals surface area contributed by atoms with E-state index in [1.165, 1.54) is 25.0 Å². The monoisotopic (exact) mass is 324 g/mol. The predicted octanol–water partition coefficient (Wildman–Crippen LogP) is 2.83. The van der Waals surface area contributed by atoms with Crippen molar-refractivity contribution in [3.63, 3.8) is 0 Å². The van der Waals surface area contributed by atoms with Crippen LogP contribution in [0.4, 0.5) is 0 Å².